The van der Waals surface area contributed by atoms with Crippen LogP contribution in [0.15, 0.2) is 42.5 Å². The number of carbonyl (C=O) groups excluding carboxylic acids is 2. The van der Waals surface area contributed by atoms with E-state index >= 15 is 0 Å². The van der Waals surface area contributed by atoms with E-state index in [1.165, 1.54) is 0 Å². The lowest BCUT2D eigenvalue weighted by atomic mass is 10.0. The number of anilines is 1. The molecule has 0 spiro atoms. The maximum atomic E-state index is 12.6. The van der Waals surface area contributed by atoms with Gasteiger partial charge in [0.1, 0.15) is 5.01 Å². The lowest BCUT2D eigenvalue weighted by molar-refractivity contribution is -0.122. The number of hydrogen-bond donors (Lipinski definition) is 2. The van der Waals surface area contributed by atoms with Crippen molar-refractivity contribution in [3.8, 4) is 11.5 Å². The van der Waals surface area contributed by atoms with Crippen LogP contribution in [-0.2, 0) is 4.79 Å². The normalized spacial score (nSPS) is 18.1. The molecule has 2 aliphatic rings. The number of nitrogens with zero attached hydrogens (tertiary/aromatic N) is 2. The molecule has 0 radical (unpaired) electrons. The van der Waals surface area contributed by atoms with Crippen LogP contribution in [0.1, 0.15) is 30.3 Å². The van der Waals surface area contributed by atoms with Crippen molar-refractivity contribution in [2.24, 2.45) is 0 Å². The molecule has 3 heterocycles. The van der Waals surface area contributed by atoms with E-state index in [1.807, 2.05) is 18.2 Å². The molecule has 0 saturated carbocycles. The lowest BCUT2D eigenvalue weighted by Gasteiger charge is -2.33. The van der Waals surface area contributed by atoms with E-state index in [-0.39, 0.29) is 25.3 Å². The number of rotatable bonds is 4. The summed E-state index contributed by atoms with van der Waals surface area (Å²) in [4.78, 5) is 31.8. The molecule has 8 nitrogen and oxygen atoms in total. The fourth-order valence-electron chi connectivity index (χ4n) is 3.98. The van der Waals surface area contributed by atoms with Gasteiger partial charge in [0.2, 0.25) is 12.7 Å². The average Bonchev–Trinajstić information content (AvgIpc) is 3.40. The molecule has 160 valence electrons. The van der Waals surface area contributed by atoms with Gasteiger partial charge in [-0.1, -0.05) is 18.6 Å². The molecule has 1 atom stereocenters. The molecule has 9 heteroatoms. The third-order valence-electron chi connectivity index (χ3n) is 5.44. The zero-order valence-corrected chi connectivity index (χ0v) is 17.6. The molecular weight excluding hydrogens is 416 g/mol. The van der Waals surface area contributed by atoms with Crippen LogP contribution < -0.4 is 20.1 Å². The summed E-state index contributed by atoms with van der Waals surface area (Å²) in [6, 6.07) is 12.7. The summed E-state index contributed by atoms with van der Waals surface area (Å²) in [5.74, 6) is 0.857. The van der Waals surface area contributed by atoms with Crippen LogP contribution >= 0.6 is 11.3 Å². The van der Waals surface area contributed by atoms with Gasteiger partial charge in [0.05, 0.1) is 22.8 Å². The summed E-state index contributed by atoms with van der Waals surface area (Å²) >= 11 is 1.67. The van der Waals surface area contributed by atoms with Gasteiger partial charge in [-0.05, 0) is 43.7 Å². The third kappa shape index (κ3) is 4.33. The first-order valence-corrected chi connectivity index (χ1v) is 11.1. The number of hydrogen-bond acceptors (Lipinski definition) is 7. The van der Waals surface area contributed by atoms with Gasteiger partial charge >= 0.3 is 6.03 Å². The number of para-hydroxylation sites is 1. The Bertz CT molecular complexity index is 1100. The summed E-state index contributed by atoms with van der Waals surface area (Å²) in [5, 5.41) is 6.11. The number of thiazole rings is 1. The second-order valence-corrected chi connectivity index (χ2v) is 8.63. The summed E-state index contributed by atoms with van der Waals surface area (Å²) in [7, 11) is 0. The van der Waals surface area contributed by atoms with Crippen molar-refractivity contribution in [2.45, 2.75) is 25.3 Å². The highest BCUT2D eigenvalue weighted by molar-refractivity contribution is 7.18. The average molecular weight is 439 g/mol. The number of likely N-dealkylation sites (tertiary alicyclic amines) is 1. The van der Waals surface area contributed by atoms with Crippen molar-refractivity contribution in [1.82, 2.24) is 15.2 Å². The standard InChI is InChI=1S/C22H22N4O4S/c27-20(25-22(28)23-14-8-9-17-18(11-14)30-13-29-17)12-26-10-4-3-6-16(26)21-24-15-5-1-2-7-19(15)31-21/h1-2,5,7-9,11,16H,3-4,6,10,12-13H2,(H2,23,25,27,28). The van der Waals surface area contributed by atoms with Crippen LogP contribution in [0.25, 0.3) is 10.2 Å². The van der Waals surface area contributed by atoms with Gasteiger partial charge in [-0.15, -0.1) is 11.3 Å². The number of benzene rings is 2. The van der Waals surface area contributed by atoms with Gasteiger partial charge in [-0.2, -0.15) is 0 Å². The number of piperidine rings is 1. The van der Waals surface area contributed by atoms with Crippen LogP contribution in [0.5, 0.6) is 11.5 Å². The Labute approximate surface area is 183 Å². The van der Waals surface area contributed by atoms with Gasteiger partial charge < -0.3 is 14.8 Å². The van der Waals surface area contributed by atoms with E-state index in [9.17, 15) is 9.59 Å². The largest absolute Gasteiger partial charge is 0.454 e. The molecule has 2 N–H and O–H groups in total. The molecule has 1 aromatic heterocycles. The van der Waals surface area contributed by atoms with E-state index in [2.05, 4.69) is 21.6 Å². The predicted molar refractivity (Wildman–Crippen MR) is 118 cm³/mol. The third-order valence-corrected chi connectivity index (χ3v) is 6.58. The molecule has 3 amide bonds. The number of amides is 3. The van der Waals surface area contributed by atoms with Gasteiger partial charge in [-0.3, -0.25) is 15.0 Å². The van der Waals surface area contributed by atoms with E-state index in [1.54, 1.807) is 29.5 Å². The molecule has 31 heavy (non-hydrogen) atoms. The maximum absolute atomic E-state index is 12.6. The van der Waals surface area contributed by atoms with Crippen molar-refractivity contribution in [3.63, 3.8) is 0 Å². The van der Waals surface area contributed by atoms with Gasteiger partial charge in [0, 0.05) is 11.8 Å². The first-order valence-electron chi connectivity index (χ1n) is 10.3. The second-order valence-electron chi connectivity index (χ2n) is 7.57. The quantitative estimate of drug-likeness (QED) is 0.642. The monoisotopic (exact) mass is 438 g/mol. The van der Waals surface area contributed by atoms with E-state index < -0.39 is 6.03 Å². The molecule has 1 unspecified atom stereocenters. The Morgan fingerprint density at radius 2 is 2.00 bits per heavy atom. The fraction of sp³-hybridized carbons (Fsp3) is 0.318. The smallest absolute Gasteiger partial charge is 0.325 e. The molecule has 2 aromatic carbocycles. The lowest BCUT2D eigenvalue weighted by Crippen LogP contribution is -2.44. The number of ether oxygens (including phenoxy) is 2. The number of urea groups is 1. The van der Waals surface area contributed by atoms with Crippen molar-refractivity contribution in [2.75, 3.05) is 25.2 Å². The molecule has 0 aliphatic carbocycles. The van der Waals surface area contributed by atoms with Crippen molar-refractivity contribution < 1.29 is 19.1 Å². The summed E-state index contributed by atoms with van der Waals surface area (Å²) < 4.78 is 11.7. The first kappa shape index (κ1) is 19.8. The van der Waals surface area contributed by atoms with E-state index in [0.29, 0.717) is 17.2 Å². The highest BCUT2D eigenvalue weighted by atomic mass is 32.1. The predicted octanol–water partition coefficient (Wildman–Crippen LogP) is 3.90. The highest BCUT2D eigenvalue weighted by Gasteiger charge is 2.28. The Hall–Kier alpha value is -3.17. The van der Waals surface area contributed by atoms with Crippen LogP contribution in [0.2, 0.25) is 0 Å². The summed E-state index contributed by atoms with van der Waals surface area (Å²) in [6.45, 7) is 1.11. The number of fused-ring (bicyclic) bond motifs is 2. The topological polar surface area (TPSA) is 92.8 Å². The maximum Gasteiger partial charge on any atom is 0.325 e. The molecule has 2 aliphatic heterocycles. The van der Waals surface area contributed by atoms with Gasteiger partial charge in [0.15, 0.2) is 11.5 Å². The van der Waals surface area contributed by atoms with E-state index in [0.717, 1.165) is 41.0 Å². The fourth-order valence-corrected chi connectivity index (χ4v) is 5.12. The van der Waals surface area contributed by atoms with E-state index in [4.69, 9.17) is 14.5 Å². The zero-order chi connectivity index (χ0) is 21.2. The number of nitrogens with one attached hydrogen (secondary N) is 2. The minimum atomic E-state index is -0.572. The van der Waals surface area contributed by atoms with Crippen molar-refractivity contribution >= 4 is 39.2 Å². The summed E-state index contributed by atoms with van der Waals surface area (Å²) in [5.41, 5.74) is 1.51. The van der Waals surface area contributed by atoms with Crippen LogP contribution in [0.3, 0.4) is 0 Å². The second kappa shape index (κ2) is 8.52. The number of carbonyl (C=O) groups is 2. The zero-order valence-electron chi connectivity index (χ0n) is 16.8. The van der Waals surface area contributed by atoms with Gasteiger partial charge in [0.25, 0.3) is 0 Å². The molecule has 3 aromatic rings. The highest BCUT2D eigenvalue weighted by Crippen LogP contribution is 2.36. The summed E-state index contributed by atoms with van der Waals surface area (Å²) in [6.07, 6.45) is 3.08. The van der Waals surface area contributed by atoms with Crippen LogP contribution in [0.4, 0.5) is 10.5 Å². The number of imide groups is 1. The Kier molecular flexibility index (Phi) is 5.44. The molecular formula is C22H22N4O4S. The van der Waals surface area contributed by atoms with Crippen LogP contribution in [-0.4, -0.2) is 41.7 Å². The van der Waals surface area contributed by atoms with Crippen molar-refractivity contribution in [1.29, 1.82) is 0 Å². The minimum absolute atomic E-state index is 0.0915. The molecule has 1 saturated heterocycles. The molecule has 5 rings (SSSR count). The number of aromatic nitrogens is 1. The molecule has 0 bridgehead atoms. The van der Waals surface area contributed by atoms with Crippen molar-refractivity contribution in [3.05, 3.63) is 47.5 Å². The minimum Gasteiger partial charge on any atom is -0.454 e. The Morgan fingerprint density at radius 1 is 1.13 bits per heavy atom. The first-order chi connectivity index (χ1) is 15.2. The Morgan fingerprint density at radius 3 is 2.90 bits per heavy atom. The SMILES string of the molecule is O=C(CN1CCCCC1c1nc2ccccc2s1)NC(=O)Nc1ccc2c(c1)OCO2. The Balaban J connectivity index is 1.21. The van der Waals surface area contributed by atoms with Gasteiger partial charge in [-0.25, -0.2) is 9.78 Å². The molecule has 1 fully saturated rings. The van der Waals surface area contributed by atoms with Crippen LogP contribution in [0, 0.1) is 0 Å².